The summed E-state index contributed by atoms with van der Waals surface area (Å²) in [5, 5.41) is 13.6. The Labute approximate surface area is 130 Å². The van der Waals surface area contributed by atoms with Crippen LogP contribution in [-0.2, 0) is 24.6 Å². The average Bonchev–Trinajstić information content (AvgIpc) is 2.56. The van der Waals surface area contributed by atoms with Gasteiger partial charge in [0.25, 0.3) is 0 Å². The molecule has 2 N–H and O–H groups in total. The molecule has 1 aromatic rings. The van der Waals surface area contributed by atoms with E-state index in [1.807, 2.05) is 37.3 Å². The molecule has 22 heavy (non-hydrogen) atoms. The van der Waals surface area contributed by atoms with Crippen LogP contribution in [-0.4, -0.2) is 50.3 Å². The molecule has 6 heteroatoms. The highest BCUT2D eigenvalue weighted by molar-refractivity contribution is 5.71. The van der Waals surface area contributed by atoms with Crippen LogP contribution < -0.4 is 5.32 Å². The fourth-order valence-electron chi connectivity index (χ4n) is 2.69. The Kier molecular flexibility index (Phi) is 5.52. The molecule has 1 aliphatic heterocycles. The summed E-state index contributed by atoms with van der Waals surface area (Å²) in [5.74, 6) is -0.374. The predicted octanol–water partition coefficient (Wildman–Crippen LogP) is 0.787. The number of carbonyl (C=O) groups is 1. The Morgan fingerprint density at radius 1 is 1.41 bits per heavy atom. The van der Waals surface area contributed by atoms with Crippen molar-refractivity contribution in [2.24, 2.45) is 0 Å². The van der Waals surface area contributed by atoms with Gasteiger partial charge in [0, 0.05) is 7.11 Å². The monoisotopic (exact) mass is 309 g/mol. The lowest BCUT2D eigenvalue weighted by Crippen LogP contribution is -2.58. The largest absolute Gasteiger partial charge is 0.468 e. The lowest BCUT2D eigenvalue weighted by Gasteiger charge is -2.46. The third kappa shape index (κ3) is 3.47. The number of ether oxygens (including phenoxy) is 3. The van der Waals surface area contributed by atoms with E-state index in [0.29, 0.717) is 6.42 Å². The highest BCUT2D eigenvalue weighted by Crippen LogP contribution is 2.37. The number of hydrogen-bond donors (Lipinski definition) is 2. The Balaban J connectivity index is 2.12. The zero-order valence-electron chi connectivity index (χ0n) is 13.1. The zero-order chi connectivity index (χ0) is 16.2. The van der Waals surface area contributed by atoms with E-state index in [1.165, 1.54) is 7.11 Å². The van der Waals surface area contributed by atoms with E-state index < -0.39 is 18.0 Å². The Morgan fingerprint density at radius 2 is 2.09 bits per heavy atom. The normalized spacial score (nSPS) is 31.7. The average molecular weight is 309 g/mol. The van der Waals surface area contributed by atoms with E-state index >= 15 is 0 Å². The molecule has 0 unspecified atom stereocenters. The van der Waals surface area contributed by atoms with Gasteiger partial charge in [-0.05, 0) is 18.9 Å². The fourth-order valence-corrected chi connectivity index (χ4v) is 2.69. The first-order chi connectivity index (χ1) is 10.5. The second kappa shape index (κ2) is 7.19. The molecule has 122 valence electrons. The minimum absolute atomic E-state index is 0.0408. The van der Waals surface area contributed by atoms with E-state index in [2.05, 4.69) is 10.1 Å². The first kappa shape index (κ1) is 16.9. The number of rotatable bonds is 5. The highest BCUT2D eigenvalue weighted by atomic mass is 16.7. The summed E-state index contributed by atoms with van der Waals surface area (Å²) < 4.78 is 16.0. The van der Waals surface area contributed by atoms with E-state index in [4.69, 9.17) is 9.47 Å². The highest BCUT2D eigenvalue weighted by Gasteiger charge is 2.46. The van der Waals surface area contributed by atoms with Gasteiger partial charge < -0.3 is 19.3 Å². The lowest BCUT2D eigenvalue weighted by molar-refractivity contribution is -0.272. The van der Waals surface area contributed by atoms with Crippen LogP contribution >= 0.6 is 0 Å². The first-order valence-corrected chi connectivity index (χ1v) is 7.25. The van der Waals surface area contributed by atoms with Gasteiger partial charge in [0.15, 0.2) is 6.29 Å². The number of hydrogen-bond acceptors (Lipinski definition) is 6. The molecule has 0 spiro atoms. The molecule has 1 aliphatic rings. The van der Waals surface area contributed by atoms with Gasteiger partial charge in [-0.25, -0.2) is 0 Å². The van der Waals surface area contributed by atoms with Gasteiger partial charge >= 0.3 is 5.97 Å². The Hall–Kier alpha value is -1.47. The number of aliphatic hydroxyl groups is 1. The number of aliphatic hydroxyl groups excluding tert-OH is 1. The molecule has 6 nitrogen and oxygen atoms in total. The molecule has 0 saturated carbocycles. The maximum absolute atomic E-state index is 11.3. The zero-order valence-corrected chi connectivity index (χ0v) is 13.1. The van der Waals surface area contributed by atoms with E-state index in [1.54, 1.807) is 7.11 Å². The van der Waals surface area contributed by atoms with Gasteiger partial charge in [-0.2, -0.15) is 0 Å². The molecule has 1 fully saturated rings. The lowest BCUT2D eigenvalue weighted by atomic mass is 9.83. The molecule has 0 amide bonds. The third-order valence-electron chi connectivity index (χ3n) is 4.12. The van der Waals surface area contributed by atoms with Crippen molar-refractivity contribution in [2.75, 3.05) is 20.8 Å². The summed E-state index contributed by atoms with van der Waals surface area (Å²) >= 11 is 0. The van der Waals surface area contributed by atoms with Gasteiger partial charge in [0.05, 0.1) is 25.8 Å². The van der Waals surface area contributed by atoms with Crippen LogP contribution in [0.1, 0.15) is 18.9 Å². The maximum Gasteiger partial charge on any atom is 0.319 e. The quantitative estimate of drug-likeness (QED) is 0.783. The van der Waals surface area contributed by atoms with Crippen molar-refractivity contribution in [3.05, 3.63) is 35.9 Å². The summed E-state index contributed by atoms with van der Waals surface area (Å²) in [6.07, 6.45) is -0.893. The van der Waals surface area contributed by atoms with Crippen molar-refractivity contribution in [3.8, 4) is 0 Å². The van der Waals surface area contributed by atoms with Crippen LogP contribution in [0.15, 0.2) is 30.3 Å². The summed E-state index contributed by atoms with van der Waals surface area (Å²) in [6, 6.07) is 9.25. The third-order valence-corrected chi connectivity index (χ3v) is 4.12. The summed E-state index contributed by atoms with van der Waals surface area (Å²) in [5.41, 5.74) is 0.0294. The smallest absolute Gasteiger partial charge is 0.319 e. The molecule has 0 bridgehead atoms. The second-order valence-electron chi connectivity index (χ2n) is 5.51. The van der Waals surface area contributed by atoms with Crippen molar-refractivity contribution in [3.63, 3.8) is 0 Å². The van der Waals surface area contributed by atoms with Crippen molar-refractivity contribution in [1.82, 2.24) is 5.32 Å². The molecular formula is C16H23NO5. The summed E-state index contributed by atoms with van der Waals surface area (Å²) in [6.45, 7) is 1.88. The van der Waals surface area contributed by atoms with Crippen molar-refractivity contribution >= 4 is 5.97 Å². The summed E-state index contributed by atoms with van der Waals surface area (Å²) in [4.78, 5) is 11.3. The molecule has 1 heterocycles. The topological polar surface area (TPSA) is 77.0 Å². The number of methoxy groups -OCH3 is 2. The van der Waals surface area contributed by atoms with E-state index in [0.717, 1.165) is 5.56 Å². The second-order valence-corrected chi connectivity index (χ2v) is 5.51. The van der Waals surface area contributed by atoms with Crippen molar-refractivity contribution < 1.29 is 24.1 Å². The van der Waals surface area contributed by atoms with E-state index in [9.17, 15) is 9.90 Å². The number of benzene rings is 1. The molecule has 0 aliphatic carbocycles. The summed E-state index contributed by atoms with van der Waals surface area (Å²) in [7, 11) is 2.87. The SMILES string of the molecule is COC(=O)CN[C@H]1C[C@@H](O)[C@](C)(c2ccccc2)O[C@H]1OC. The van der Waals surface area contributed by atoms with Gasteiger partial charge in [-0.15, -0.1) is 0 Å². The number of nitrogens with one attached hydrogen (secondary N) is 1. The first-order valence-electron chi connectivity index (χ1n) is 7.25. The predicted molar refractivity (Wildman–Crippen MR) is 80.1 cm³/mol. The minimum Gasteiger partial charge on any atom is -0.468 e. The fraction of sp³-hybridized carbons (Fsp3) is 0.562. The number of carbonyl (C=O) groups excluding carboxylic acids is 1. The van der Waals surface area contributed by atoms with Crippen LogP contribution in [0, 0.1) is 0 Å². The molecule has 0 radical (unpaired) electrons. The molecule has 4 atom stereocenters. The molecular weight excluding hydrogens is 286 g/mol. The maximum atomic E-state index is 11.3. The van der Waals surface area contributed by atoms with Crippen LogP contribution in [0.4, 0.5) is 0 Å². The van der Waals surface area contributed by atoms with Crippen molar-refractivity contribution in [2.45, 2.75) is 37.4 Å². The van der Waals surface area contributed by atoms with Gasteiger partial charge in [-0.1, -0.05) is 30.3 Å². The molecule has 1 aromatic carbocycles. The number of esters is 1. The van der Waals surface area contributed by atoms with Crippen LogP contribution in [0.5, 0.6) is 0 Å². The standard InChI is InChI=1S/C16H23NO5/c1-16(11-7-5-4-6-8-11)13(18)9-12(15(21-3)22-16)17-10-14(19)20-2/h4-8,12-13,15,17-18H,9-10H2,1-3H3/t12-,13+,15+,16-/m0/s1. The van der Waals surface area contributed by atoms with Gasteiger partial charge in [0.2, 0.25) is 0 Å². The molecule has 0 aromatic heterocycles. The van der Waals surface area contributed by atoms with Gasteiger partial charge in [-0.3, -0.25) is 10.1 Å². The van der Waals surface area contributed by atoms with Gasteiger partial charge in [0.1, 0.15) is 5.60 Å². The molecule has 2 rings (SSSR count). The Bertz CT molecular complexity index is 495. The molecule has 1 saturated heterocycles. The minimum atomic E-state index is -0.856. The van der Waals surface area contributed by atoms with Crippen LogP contribution in [0.3, 0.4) is 0 Å². The van der Waals surface area contributed by atoms with Crippen LogP contribution in [0.25, 0.3) is 0 Å². The van der Waals surface area contributed by atoms with E-state index in [-0.39, 0.29) is 18.6 Å². The van der Waals surface area contributed by atoms with Crippen LogP contribution in [0.2, 0.25) is 0 Å². The van der Waals surface area contributed by atoms with Crippen molar-refractivity contribution in [1.29, 1.82) is 0 Å². The Morgan fingerprint density at radius 3 is 2.68 bits per heavy atom.